The summed E-state index contributed by atoms with van der Waals surface area (Å²) in [5.41, 5.74) is 9.61. The fourth-order valence-corrected chi connectivity index (χ4v) is 4.04. The zero-order chi connectivity index (χ0) is 23.0. The average Bonchev–Trinajstić information content (AvgIpc) is 3.28. The molecule has 1 aromatic heterocycles. The van der Waals surface area contributed by atoms with Gasteiger partial charge in [0.15, 0.2) is 0 Å². The fourth-order valence-electron chi connectivity index (χ4n) is 4.04. The second-order valence-electron chi connectivity index (χ2n) is 7.72. The topological polar surface area (TPSA) is 119 Å². The number of benzene rings is 2. The number of carbonyl (C=O) groups excluding carboxylic acids is 2. The number of imidazole rings is 1. The molecule has 3 N–H and O–H groups in total. The molecule has 0 saturated heterocycles. The van der Waals surface area contributed by atoms with Gasteiger partial charge in [0, 0.05) is 36.7 Å². The van der Waals surface area contributed by atoms with Crippen molar-refractivity contribution in [2.75, 3.05) is 0 Å². The Hall–Kier alpha value is -4.01. The van der Waals surface area contributed by atoms with E-state index in [9.17, 15) is 18.8 Å². The molecule has 1 aliphatic rings. The maximum atomic E-state index is 13.4. The van der Waals surface area contributed by atoms with Crippen LogP contribution in [0, 0.1) is 5.82 Å². The Bertz CT molecular complexity index is 1220. The third-order valence-corrected chi connectivity index (χ3v) is 5.60. The Kier molecular flexibility index (Phi) is 5.48. The van der Waals surface area contributed by atoms with Crippen LogP contribution in [0.15, 0.2) is 48.8 Å². The van der Waals surface area contributed by atoms with Crippen LogP contribution in [0.3, 0.4) is 0 Å². The van der Waals surface area contributed by atoms with Gasteiger partial charge in [0.2, 0.25) is 5.91 Å². The normalized spacial score (nSPS) is 13.8. The van der Waals surface area contributed by atoms with Crippen molar-refractivity contribution in [3.05, 3.63) is 65.7 Å². The summed E-state index contributed by atoms with van der Waals surface area (Å²) in [6, 6.07) is 10.4. The first-order chi connectivity index (χ1) is 15.3. The van der Waals surface area contributed by atoms with Crippen LogP contribution >= 0.6 is 0 Å². The predicted octanol–water partition coefficient (Wildman–Crippen LogP) is 2.57. The summed E-state index contributed by atoms with van der Waals surface area (Å²) in [6.07, 6.45) is 1.34. The lowest BCUT2D eigenvalue weighted by Crippen LogP contribution is -2.45. The molecule has 0 radical (unpaired) electrons. The number of hydrogen-bond donors (Lipinski definition) is 2. The molecule has 0 bridgehead atoms. The standard InChI is InChI=1S/C23H21FN4O4/c1-27-12-26-20(21(27)13-2-5-16(24)6-3-13)14-4-7-17-15(10-14)11-28(23(17)32)18(22(25)31)8-9-19(29)30/h2-7,10,12,18H,8-9,11H2,1H3,(H2,25,31)(H,29,30). The van der Waals surface area contributed by atoms with Gasteiger partial charge in [-0.2, -0.15) is 0 Å². The van der Waals surface area contributed by atoms with Gasteiger partial charge in [0.25, 0.3) is 5.91 Å². The second-order valence-corrected chi connectivity index (χ2v) is 7.72. The number of nitrogens with two attached hydrogens (primary N) is 1. The molecule has 0 aliphatic carbocycles. The second kappa shape index (κ2) is 8.26. The molecule has 2 amide bonds. The van der Waals surface area contributed by atoms with Crippen LogP contribution < -0.4 is 5.73 Å². The highest BCUT2D eigenvalue weighted by Crippen LogP contribution is 2.34. The summed E-state index contributed by atoms with van der Waals surface area (Å²) < 4.78 is 15.2. The van der Waals surface area contributed by atoms with E-state index in [4.69, 9.17) is 10.8 Å². The van der Waals surface area contributed by atoms with Crippen molar-refractivity contribution in [3.63, 3.8) is 0 Å². The lowest BCUT2D eigenvalue weighted by molar-refractivity contribution is -0.137. The summed E-state index contributed by atoms with van der Waals surface area (Å²) in [4.78, 5) is 41.5. The first-order valence-electron chi connectivity index (χ1n) is 9.99. The van der Waals surface area contributed by atoms with Crippen LogP contribution in [0.25, 0.3) is 22.5 Å². The number of primary amides is 1. The van der Waals surface area contributed by atoms with Crippen LogP contribution in [0.1, 0.15) is 28.8 Å². The smallest absolute Gasteiger partial charge is 0.303 e. The van der Waals surface area contributed by atoms with Gasteiger partial charge in [-0.05, 0) is 48.4 Å². The highest BCUT2D eigenvalue weighted by molar-refractivity contribution is 6.01. The molecule has 8 nitrogen and oxygen atoms in total. The summed E-state index contributed by atoms with van der Waals surface area (Å²) in [5, 5.41) is 8.94. The Morgan fingerprint density at radius 1 is 1.19 bits per heavy atom. The maximum absolute atomic E-state index is 13.4. The summed E-state index contributed by atoms with van der Waals surface area (Å²) in [7, 11) is 1.84. The molecule has 1 unspecified atom stereocenters. The highest BCUT2D eigenvalue weighted by atomic mass is 19.1. The van der Waals surface area contributed by atoms with Gasteiger partial charge in [-0.3, -0.25) is 14.4 Å². The lowest BCUT2D eigenvalue weighted by Gasteiger charge is -2.24. The van der Waals surface area contributed by atoms with Gasteiger partial charge in [-0.15, -0.1) is 0 Å². The number of aliphatic carboxylic acids is 1. The molecule has 0 fully saturated rings. The number of halogens is 1. The summed E-state index contributed by atoms with van der Waals surface area (Å²) in [5.74, 6) is -2.50. The number of nitrogens with zero attached hydrogens (tertiary/aromatic N) is 3. The van der Waals surface area contributed by atoms with Crippen LogP contribution in [0.2, 0.25) is 0 Å². The Morgan fingerprint density at radius 3 is 2.53 bits per heavy atom. The van der Waals surface area contributed by atoms with Crippen molar-refractivity contribution in [2.45, 2.75) is 25.4 Å². The third kappa shape index (κ3) is 3.84. The van der Waals surface area contributed by atoms with E-state index in [2.05, 4.69) is 4.98 Å². The molecule has 2 heterocycles. The van der Waals surface area contributed by atoms with Gasteiger partial charge >= 0.3 is 5.97 Å². The van der Waals surface area contributed by atoms with E-state index < -0.39 is 17.9 Å². The molecule has 0 saturated carbocycles. The number of aromatic nitrogens is 2. The molecule has 1 atom stereocenters. The minimum Gasteiger partial charge on any atom is -0.481 e. The SMILES string of the molecule is Cn1cnc(-c2ccc3c(c2)CN(C(CCC(=O)O)C(N)=O)C3=O)c1-c1ccc(F)cc1. The summed E-state index contributed by atoms with van der Waals surface area (Å²) in [6.45, 7) is 0.147. The van der Waals surface area contributed by atoms with Gasteiger partial charge in [-0.1, -0.05) is 6.07 Å². The van der Waals surface area contributed by atoms with E-state index in [0.29, 0.717) is 16.8 Å². The zero-order valence-electron chi connectivity index (χ0n) is 17.3. The lowest BCUT2D eigenvalue weighted by atomic mass is 10.0. The number of carboxylic acid groups (broad SMARTS) is 1. The molecule has 32 heavy (non-hydrogen) atoms. The highest BCUT2D eigenvalue weighted by Gasteiger charge is 2.36. The molecule has 2 aromatic carbocycles. The minimum atomic E-state index is -1.06. The number of aryl methyl sites for hydroxylation is 1. The van der Waals surface area contributed by atoms with Gasteiger partial charge in [0.05, 0.1) is 17.7 Å². The van der Waals surface area contributed by atoms with E-state index in [1.165, 1.54) is 17.0 Å². The van der Waals surface area contributed by atoms with Crippen LogP contribution in [0.4, 0.5) is 4.39 Å². The van der Waals surface area contributed by atoms with Gasteiger partial charge in [-0.25, -0.2) is 9.37 Å². The van der Waals surface area contributed by atoms with E-state index >= 15 is 0 Å². The van der Waals surface area contributed by atoms with Crippen molar-refractivity contribution >= 4 is 17.8 Å². The largest absolute Gasteiger partial charge is 0.481 e. The third-order valence-electron chi connectivity index (χ3n) is 5.60. The monoisotopic (exact) mass is 436 g/mol. The Labute approximate surface area is 183 Å². The van der Waals surface area contributed by atoms with E-state index in [-0.39, 0.29) is 31.1 Å². The molecule has 9 heteroatoms. The predicted molar refractivity (Wildman–Crippen MR) is 114 cm³/mol. The summed E-state index contributed by atoms with van der Waals surface area (Å²) >= 11 is 0. The van der Waals surface area contributed by atoms with Gasteiger partial charge in [0.1, 0.15) is 11.9 Å². The number of fused-ring (bicyclic) bond motifs is 1. The fraction of sp³-hybridized carbons (Fsp3) is 0.217. The van der Waals surface area contributed by atoms with E-state index in [1.54, 1.807) is 30.6 Å². The number of hydrogen-bond acceptors (Lipinski definition) is 4. The quantitative estimate of drug-likeness (QED) is 0.590. The molecule has 164 valence electrons. The molecular weight excluding hydrogens is 415 g/mol. The van der Waals surface area contributed by atoms with Crippen molar-refractivity contribution in [3.8, 4) is 22.5 Å². The van der Waals surface area contributed by atoms with E-state index in [0.717, 1.165) is 16.8 Å². The minimum absolute atomic E-state index is 0.0494. The Morgan fingerprint density at radius 2 is 1.88 bits per heavy atom. The van der Waals surface area contributed by atoms with Gasteiger partial charge < -0.3 is 20.3 Å². The molecule has 1 aliphatic heterocycles. The molecule has 4 rings (SSSR count). The molecule has 0 spiro atoms. The first kappa shape index (κ1) is 21.2. The number of amides is 2. The Balaban J connectivity index is 1.67. The molecule has 3 aromatic rings. The number of carboxylic acids is 1. The van der Waals surface area contributed by atoms with Crippen LogP contribution in [0.5, 0.6) is 0 Å². The molecular formula is C23H21FN4O4. The maximum Gasteiger partial charge on any atom is 0.303 e. The van der Waals surface area contributed by atoms with Crippen LogP contribution in [-0.2, 0) is 23.2 Å². The number of carbonyl (C=O) groups is 3. The van der Waals surface area contributed by atoms with E-state index in [1.807, 2.05) is 17.7 Å². The van der Waals surface area contributed by atoms with Crippen molar-refractivity contribution in [1.82, 2.24) is 14.5 Å². The van der Waals surface area contributed by atoms with Crippen LogP contribution in [-0.4, -0.2) is 43.4 Å². The first-order valence-corrected chi connectivity index (χ1v) is 9.99. The van der Waals surface area contributed by atoms with Crippen molar-refractivity contribution < 1.29 is 23.9 Å². The number of rotatable bonds is 7. The van der Waals surface area contributed by atoms with Crippen molar-refractivity contribution in [1.29, 1.82) is 0 Å². The van der Waals surface area contributed by atoms with Crippen molar-refractivity contribution in [2.24, 2.45) is 12.8 Å². The zero-order valence-corrected chi connectivity index (χ0v) is 17.3. The average molecular weight is 436 g/mol.